The van der Waals surface area contributed by atoms with Crippen molar-refractivity contribution in [3.63, 3.8) is 0 Å². The number of nitrogens with zero attached hydrogens (tertiary/aromatic N) is 2. The summed E-state index contributed by atoms with van der Waals surface area (Å²) >= 11 is 11.9. The molecule has 0 saturated heterocycles. The Hall–Kier alpha value is -1.39. The van der Waals surface area contributed by atoms with Crippen molar-refractivity contribution in [1.82, 2.24) is 9.78 Å². The molecule has 0 N–H and O–H groups in total. The second-order valence-electron chi connectivity index (χ2n) is 4.27. The van der Waals surface area contributed by atoms with Crippen LogP contribution in [0.1, 0.15) is 11.3 Å². The highest BCUT2D eigenvalue weighted by molar-refractivity contribution is 6.31. The summed E-state index contributed by atoms with van der Waals surface area (Å²) in [6, 6.07) is 5.47. The average molecular weight is 315 g/mol. The maximum atomic E-state index is 6.01. The Morgan fingerprint density at radius 2 is 2.15 bits per heavy atom. The molecule has 6 heteroatoms. The van der Waals surface area contributed by atoms with Crippen LogP contribution in [-0.2, 0) is 19.3 Å². The van der Waals surface area contributed by atoms with E-state index in [1.165, 1.54) is 0 Å². The number of hydrogen-bond donors (Lipinski definition) is 0. The SMILES string of the molecule is COc1cc(Cl)cc(CCl)c1OCCc1ccnn1C. The fourth-order valence-electron chi connectivity index (χ4n) is 1.94. The van der Waals surface area contributed by atoms with Crippen molar-refractivity contribution in [3.05, 3.63) is 40.7 Å². The van der Waals surface area contributed by atoms with E-state index in [4.69, 9.17) is 32.7 Å². The number of methoxy groups -OCH3 is 1. The molecule has 0 amide bonds. The fraction of sp³-hybridized carbons (Fsp3) is 0.357. The molecule has 0 aliphatic heterocycles. The molecule has 108 valence electrons. The van der Waals surface area contributed by atoms with E-state index < -0.39 is 0 Å². The molecule has 0 spiro atoms. The van der Waals surface area contributed by atoms with Gasteiger partial charge in [-0.15, -0.1) is 11.6 Å². The molecule has 0 aliphatic rings. The Morgan fingerprint density at radius 3 is 2.75 bits per heavy atom. The van der Waals surface area contributed by atoms with E-state index in [1.54, 1.807) is 25.4 Å². The molecule has 0 unspecified atom stereocenters. The van der Waals surface area contributed by atoms with Crippen molar-refractivity contribution in [3.8, 4) is 11.5 Å². The van der Waals surface area contributed by atoms with Crippen molar-refractivity contribution >= 4 is 23.2 Å². The molecule has 0 atom stereocenters. The Morgan fingerprint density at radius 1 is 1.35 bits per heavy atom. The van der Waals surface area contributed by atoms with Gasteiger partial charge in [-0.2, -0.15) is 5.10 Å². The van der Waals surface area contributed by atoms with Gasteiger partial charge in [0.2, 0.25) is 0 Å². The first-order valence-electron chi connectivity index (χ1n) is 6.17. The normalized spacial score (nSPS) is 10.6. The van der Waals surface area contributed by atoms with E-state index in [9.17, 15) is 0 Å². The Balaban J connectivity index is 2.10. The molecule has 1 heterocycles. The number of aryl methyl sites for hydroxylation is 1. The first kappa shape index (κ1) is 15.0. The highest BCUT2D eigenvalue weighted by Crippen LogP contribution is 2.35. The summed E-state index contributed by atoms with van der Waals surface area (Å²) in [5.41, 5.74) is 1.92. The zero-order valence-electron chi connectivity index (χ0n) is 11.4. The number of aromatic nitrogens is 2. The molecule has 1 aromatic heterocycles. The quantitative estimate of drug-likeness (QED) is 0.766. The highest BCUT2D eigenvalue weighted by Gasteiger charge is 2.12. The van der Waals surface area contributed by atoms with E-state index in [2.05, 4.69) is 5.10 Å². The standard InChI is InChI=1S/C14H16Cl2N2O2/c1-18-12(3-5-17-18)4-6-20-14-10(9-15)7-11(16)8-13(14)19-2/h3,5,7-8H,4,6,9H2,1-2H3. The minimum Gasteiger partial charge on any atom is -0.493 e. The first-order valence-corrected chi connectivity index (χ1v) is 7.09. The summed E-state index contributed by atoms with van der Waals surface area (Å²) in [4.78, 5) is 0. The van der Waals surface area contributed by atoms with Gasteiger partial charge in [-0.25, -0.2) is 0 Å². The smallest absolute Gasteiger partial charge is 0.165 e. The maximum absolute atomic E-state index is 6.01. The van der Waals surface area contributed by atoms with Crippen molar-refractivity contribution < 1.29 is 9.47 Å². The minimum atomic E-state index is 0.317. The van der Waals surface area contributed by atoms with Crippen LogP contribution in [0.5, 0.6) is 11.5 Å². The second-order valence-corrected chi connectivity index (χ2v) is 4.98. The minimum absolute atomic E-state index is 0.317. The van der Waals surface area contributed by atoms with Gasteiger partial charge >= 0.3 is 0 Å². The Kier molecular flexibility index (Phi) is 5.15. The molecule has 1 aromatic carbocycles. The van der Waals surface area contributed by atoms with Gasteiger partial charge in [0.25, 0.3) is 0 Å². The van der Waals surface area contributed by atoms with Crippen molar-refractivity contribution in [2.24, 2.45) is 7.05 Å². The number of hydrogen-bond acceptors (Lipinski definition) is 3. The topological polar surface area (TPSA) is 36.3 Å². The Bertz CT molecular complexity index is 559. The number of rotatable bonds is 6. The van der Waals surface area contributed by atoms with Crippen molar-refractivity contribution in [1.29, 1.82) is 0 Å². The first-order chi connectivity index (χ1) is 9.65. The van der Waals surface area contributed by atoms with Crippen LogP contribution in [0.15, 0.2) is 24.4 Å². The van der Waals surface area contributed by atoms with E-state index in [0.29, 0.717) is 29.0 Å². The lowest BCUT2D eigenvalue weighted by Gasteiger charge is -2.14. The zero-order chi connectivity index (χ0) is 14.5. The van der Waals surface area contributed by atoms with Crippen LogP contribution >= 0.6 is 23.2 Å². The van der Waals surface area contributed by atoms with E-state index in [0.717, 1.165) is 17.7 Å². The zero-order valence-corrected chi connectivity index (χ0v) is 12.9. The van der Waals surface area contributed by atoms with Crippen LogP contribution in [0, 0.1) is 0 Å². The van der Waals surface area contributed by atoms with Crippen LogP contribution in [0.25, 0.3) is 0 Å². The third-order valence-corrected chi connectivity index (χ3v) is 3.49. The molecule has 2 rings (SSSR count). The van der Waals surface area contributed by atoms with Gasteiger partial charge < -0.3 is 9.47 Å². The van der Waals surface area contributed by atoms with Gasteiger partial charge in [0.1, 0.15) is 0 Å². The largest absolute Gasteiger partial charge is 0.493 e. The summed E-state index contributed by atoms with van der Waals surface area (Å²) in [6.45, 7) is 0.515. The fourth-order valence-corrected chi connectivity index (χ4v) is 2.37. The van der Waals surface area contributed by atoms with Gasteiger partial charge in [0.05, 0.1) is 19.6 Å². The second kappa shape index (κ2) is 6.86. The number of ether oxygens (including phenoxy) is 2. The molecule has 0 saturated carbocycles. The van der Waals surface area contributed by atoms with Crippen LogP contribution in [0.2, 0.25) is 5.02 Å². The summed E-state index contributed by atoms with van der Waals surface area (Å²) in [6.07, 6.45) is 2.52. The number of alkyl halides is 1. The summed E-state index contributed by atoms with van der Waals surface area (Å²) in [5, 5.41) is 4.70. The van der Waals surface area contributed by atoms with Gasteiger partial charge in [0.15, 0.2) is 11.5 Å². The molecular formula is C14H16Cl2N2O2. The molecule has 20 heavy (non-hydrogen) atoms. The Labute approximate surface area is 128 Å². The third kappa shape index (κ3) is 3.38. The lowest BCUT2D eigenvalue weighted by atomic mass is 10.2. The van der Waals surface area contributed by atoms with Crippen LogP contribution in [0.4, 0.5) is 0 Å². The van der Waals surface area contributed by atoms with Crippen LogP contribution < -0.4 is 9.47 Å². The molecule has 4 nitrogen and oxygen atoms in total. The molecule has 2 aromatic rings. The molecular weight excluding hydrogens is 299 g/mol. The monoisotopic (exact) mass is 314 g/mol. The van der Waals surface area contributed by atoms with E-state index >= 15 is 0 Å². The van der Waals surface area contributed by atoms with Crippen molar-refractivity contribution in [2.75, 3.05) is 13.7 Å². The lowest BCUT2D eigenvalue weighted by molar-refractivity contribution is 0.293. The summed E-state index contributed by atoms with van der Waals surface area (Å²) in [7, 11) is 3.49. The summed E-state index contributed by atoms with van der Waals surface area (Å²) in [5.74, 6) is 1.56. The van der Waals surface area contributed by atoms with E-state index in [1.807, 2.05) is 17.8 Å². The molecule has 0 radical (unpaired) electrons. The molecule has 0 bridgehead atoms. The number of benzene rings is 1. The van der Waals surface area contributed by atoms with Gasteiger partial charge in [-0.1, -0.05) is 11.6 Å². The van der Waals surface area contributed by atoms with Crippen LogP contribution in [0.3, 0.4) is 0 Å². The maximum Gasteiger partial charge on any atom is 0.165 e. The van der Waals surface area contributed by atoms with Gasteiger partial charge in [-0.3, -0.25) is 4.68 Å². The van der Waals surface area contributed by atoms with Gasteiger partial charge in [0, 0.05) is 42.0 Å². The third-order valence-electron chi connectivity index (χ3n) is 2.99. The van der Waals surface area contributed by atoms with Crippen LogP contribution in [-0.4, -0.2) is 23.5 Å². The van der Waals surface area contributed by atoms with Gasteiger partial charge in [-0.05, 0) is 12.1 Å². The van der Waals surface area contributed by atoms with Crippen molar-refractivity contribution in [2.45, 2.75) is 12.3 Å². The lowest BCUT2D eigenvalue weighted by Crippen LogP contribution is -2.07. The highest BCUT2D eigenvalue weighted by atomic mass is 35.5. The molecule has 0 fully saturated rings. The predicted molar refractivity (Wildman–Crippen MR) is 80.0 cm³/mol. The number of halogens is 2. The summed E-state index contributed by atoms with van der Waals surface area (Å²) < 4.78 is 12.9. The predicted octanol–water partition coefficient (Wildman–Crippen LogP) is 3.44. The van der Waals surface area contributed by atoms with E-state index in [-0.39, 0.29) is 0 Å². The molecule has 0 aliphatic carbocycles. The average Bonchev–Trinajstić information content (AvgIpc) is 2.85.